The van der Waals surface area contributed by atoms with E-state index in [1.54, 1.807) is 0 Å². The van der Waals surface area contributed by atoms with E-state index >= 15 is 0 Å². The number of hydrogen-bond donors (Lipinski definition) is 0. The minimum atomic E-state index is -1.16. The van der Waals surface area contributed by atoms with Gasteiger partial charge in [-0.25, -0.2) is 4.90 Å². The van der Waals surface area contributed by atoms with Crippen molar-refractivity contribution >= 4 is 56.6 Å². The van der Waals surface area contributed by atoms with Crippen molar-refractivity contribution in [1.29, 1.82) is 0 Å². The van der Waals surface area contributed by atoms with Crippen molar-refractivity contribution in [3.05, 3.63) is 98.5 Å². The first-order valence-electron chi connectivity index (χ1n) is 10.4. The molecule has 160 valence electrons. The van der Waals surface area contributed by atoms with Gasteiger partial charge in [0.25, 0.3) is 0 Å². The van der Waals surface area contributed by atoms with Crippen molar-refractivity contribution in [1.82, 2.24) is 0 Å². The van der Waals surface area contributed by atoms with Gasteiger partial charge < -0.3 is 0 Å². The maximum absolute atomic E-state index is 14.0. The quantitative estimate of drug-likeness (QED) is 0.281. The average Bonchev–Trinajstić information content (AvgIpc) is 3.06. The first-order valence-corrected chi connectivity index (χ1v) is 12.0. The van der Waals surface area contributed by atoms with Gasteiger partial charge >= 0.3 is 0 Å². The summed E-state index contributed by atoms with van der Waals surface area (Å²) in [5, 5.41) is 0. The topological polar surface area (TPSA) is 37.4 Å². The molecule has 0 aromatic heterocycles. The van der Waals surface area contributed by atoms with Gasteiger partial charge in [-0.3, -0.25) is 9.59 Å². The Hall–Kier alpha value is -2.14. The Morgan fingerprint density at radius 2 is 1.16 bits per heavy atom. The van der Waals surface area contributed by atoms with Gasteiger partial charge in [0, 0.05) is 4.47 Å². The number of nitrogens with zero attached hydrogens (tertiary/aromatic N) is 1. The van der Waals surface area contributed by atoms with Gasteiger partial charge in [-0.05, 0) is 59.4 Å². The van der Waals surface area contributed by atoms with E-state index in [0.717, 1.165) is 37.9 Å². The molecule has 2 atom stereocenters. The van der Waals surface area contributed by atoms with E-state index in [0.29, 0.717) is 5.69 Å². The highest BCUT2D eigenvalue weighted by atomic mass is 79.9. The SMILES string of the molecule is Cc1cc(N2C(=O)[C@@H]3[C@H](C2=O)C2(Cl)c4ccccc4C3(Cl)c3ccccc32)c(C)cc1Br. The zero-order valence-electron chi connectivity index (χ0n) is 17.3. The van der Waals surface area contributed by atoms with Crippen LogP contribution in [0.3, 0.4) is 0 Å². The summed E-state index contributed by atoms with van der Waals surface area (Å²) < 4.78 is 0.928. The van der Waals surface area contributed by atoms with Gasteiger partial charge in [0.15, 0.2) is 0 Å². The molecule has 6 heteroatoms. The molecule has 3 aliphatic carbocycles. The molecular formula is C26H18BrCl2NO2. The Morgan fingerprint density at radius 3 is 1.56 bits per heavy atom. The van der Waals surface area contributed by atoms with Crippen LogP contribution in [0.15, 0.2) is 65.1 Å². The molecule has 7 rings (SSSR count). The largest absolute Gasteiger partial charge is 0.274 e. The Kier molecular flexibility index (Phi) is 4.14. The van der Waals surface area contributed by atoms with Gasteiger partial charge in [-0.1, -0.05) is 64.5 Å². The van der Waals surface area contributed by atoms with Crippen molar-refractivity contribution in [3.8, 4) is 0 Å². The molecule has 0 saturated carbocycles. The first-order chi connectivity index (χ1) is 15.2. The van der Waals surface area contributed by atoms with Crippen LogP contribution in [0.25, 0.3) is 0 Å². The molecule has 32 heavy (non-hydrogen) atoms. The summed E-state index contributed by atoms with van der Waals surface area (Å²) in [4.78, 5) is 27.0. The highest BCUT2D eigenvalue weighted by molar-refractivity contribution is 9.10. The molecule has 3 aromatic rings. The van der Waals surface area contributed by atoms with Crippen LogP contribution in [0.5, 0.6) is 0 Å². The summed E-state index contributed by atoms with van der Waals surface area (Å²) in [6, 6.07) is 19.1. The number of benzene rings is 3. The lowest BCUT2D eigenvalue weighted by Crippen LogP contribution is -2.57. The summed E-state index contributed by atoms with van der Waals surface area (Å²) in [5.41, 5.74) is 5.59. The smallest absolute Gasteiger partial charge is 0.240 e. The van der Waals surface area contributed by atoms with Crippen LogP contribution in [-0.2, 0) is 19.3 Å². The van der Waals surface area contributed by atoms with Gasteiger partial charge in [0.1, 0.15) is 9.75 Å². The van der Waals surface area contributed by atoms with E-state index in [-0.39, 0.29) is 11.8 Å². The first kappa shape index (κ1) is 20.5. The Morgan fingerprint density at radius 1 is 0.750 bits per heavy atom. The van der Waals surface area contributed by atoms with Gasteiger partial charge in [-0.15, -0.1) is 23.2 Å². The van der Waals surface area contributed by atoms with E-state index in [4.69, 9.17) is 23.2 Å². The Bertz CT molecular complexity index is 1250. The Labute approximate surface area is 204 Å². The van der Waals surface area contributed by atoms with E-state index in [2.05, 4.69) is 15.9 Å². The third-order valence-corrected chi connectivity index (χ3v) is 9.44. The second-order valence-electron chi connectivity index (χ2n) is 8.87. The van der Waals surface area contributed by atoms with Crippen LogP contribution in [0.4, 0.5) is 5.69 Å². The molecule has 0 radical (unpaired) electrons. The fourth-order valence-corrected chi connectivity index (χ4v) is 7.47. The highest BCUT2D eigenvalue weighted by Crippen LogP contribution is 2.69. The van der Waals surface area contributed by atoms with Crippen molar-refractivity contribution in [2.75, 3.05) is 4.90 Å². The summed E-state index contributed by atoms with van der Waals surface area (Å²) in [5.74, 6) is -2.17. The van der Waals surface area contributed by atoms with Crippen LogP contribution in [0, 0.1) is 25.7 Å². The molecule has 1 saturated heterocycles. The Balaban J connectivity index is 1.65. The minimum absolute atomic E-state index is 0.297. The number of rotatable bonds is 1. The minimum Gasteiger partial charge on any atom is -0.274 e. The molecule has 1 heterocycles. The van der Waals surface area contributed by atoms with E-state index < -0.39 is 21.6 Å². The molecule has 2 amide bonds. The van der Waals surface area contributed by atoms with Crippen LogP contribution < -0.4 is 4.90 Å². The zero-order valence-corrected chi connectivity index (χ0v) is 20.4. The van der Waals surface area contributed by atoms with E-state index in [1.807, 2.05) is 74.5 Å². The summed E-state index contributed by atoms with van der Waals surface area (Å²) in [6.07, 6.45) is 0. The van der Waals surface area contributed by atoms with Crippen molar-refractivity contribution in [3.63, 3.8) is 0 Å². The third-order valence-electron chi connectivity index (χ3n) is 7.30. The highest BCUT2D eigenvalue weighted by Gasteiger charge is 2.73. The molecule has 0 N–H and O–H groups in total. The number of aryl methyl sites for hydroxylation is 2. The summed E-state index contributed by atoms with van der Waals surface area (Å²) in [7, 11) is 0. The zero-order chi connectivity index (χ0) is 22.6. The standard InChI is InChI=1S/C26H18BrCl2NO2/c1-13-12-20(14(2)11-19(13)27)30-23(31)21-22(24(30)32)26(29)16-8-4-3-7-15(16)25(21,28)17-9-5-6-10-18(17)26/h3-12,21-22H,1-2H3/t21-,22+,25?,26?. The van der Waals surface area contributed by atoms with Crippen molar-refractivity contribution < 1.29 is 9.59 Å². The summed E-state index contributed by atoms with van der Waals surface area (Å²) >= 11 is 18.5. The van der Waals surface area contributed by atoms with Crippen molar-refractivity contribution in [2.45, 2.75) is 23.6 Å². The molecule has 4 aliphatic rings. The van der Waals surface area contributed by atoms with Gasteiger partial charge in [0.05, 0.1) is 17.5 Å². The van der Waals surface area contributed by atoms with Crippen LogP contribution in [-0.4, -0.2) is 11.8 Å². The molecule has 3 aromatic carbocycles. The fourth-order valence-electron chi connectivity index (χ4n) is 5.91. The molecule has 1 fully saturated rings. The number of carbonyl (C=O) groups excluding carboxylic acids is 2. The third kappa shape index (κ3) is 2.19. The maximum atomic E-state index is 14.0. The lowest BCUT2D eigenvalue weighted by atomic mass is 9.54. The van der Waals surface area contributed by atoms with Crippen LogP contribution in [0.2, 0.25) is 0 Å². The monoisotopic (exact) mass is 525 g/mol. The van der Waals surface area contributed by atoms with E-state index in [9.17, 15) is 9.59 Å². The summed E-state index contributed by atoms with van der Waals surface area (Å²) in [6.45, 7) is 3.83. The lowest BCUT2D eigenvalue weighted by molar-refractivity contribution is -0.122. The predicted octanol–water partition coefficient (Wildman–Crippen LogP) is 6.16. The number of carbonyl (C=O) groups is 2. The number of hydrogen-bond acceptors (Lipinski definition) is 2. The maximum Gasteiger partial charge on any atom is 0.240 e. The normalized spacial score (nSPS) is 29.7. The van der Waals surface area contributed by atoms with Crippen LogP contribution >= 0.6 is 39.1 Å². The number of halogens is 3. The lowest BCUT2D eigenvalue weighted by Gasteiger charge is -2.54. The molecular weight excluding hydrogens is 509 g/mol. The molecule has 1 aliphatic heterocycles. The fraction of sp³-hybridized carbons (Fsp3) is 0.231. The van der Waals surface area contributed by atoms with Crippen molar-refractivity contribution in [2.24, 2.45) is 11.8 Å². The van der Waals surface area contributed by atoms with E-state index in [1.165, 1.54) is 4.90 Å². The van der Waals surface area contributed by atoms with Crippen LogP contribution in [0.1, 0.15) is 33.4 Å². The number of amides is 2. The molecule has 3 nitrogen and oxygen atoms in total. The molecule has 2 bridgehead atoms. The molecule has 0 spiro atoms. The number of alkyl halides is 2. The number of imide groups is 1. The van der Waals surface area contributed by atoms with Gasteiger partial charge in [-0.2, -0.15) is 0 Å². The average molecular weight is 527 g/mol. The number of anilines is 1. The second kappa shape index (κ2) is 6.47. The predicted molar refractivity (Wildman–Crippen MR) is 129 cm³/mol. The molecule has 0 unspecified atom stereocenters. The second-order valence-corrected chi connectivity index (χ2v) is 10.9. The van der Waals surface area contributed by atoms with Gasteiger partial charge in [0.2, 0.25) is 11.8 Å².